The van der Waals surface area contributed by atoms with Crippen molar-refractivity contribution < 1.29 is 19.8 Å². The van der Waals surface area contributed by atoms with Gasteiger partial charge < -0.3 is 20.4 Å². The van der Waals surface area contributed by atoms with Crippen LogP contribution >= 0.6 is 0 Å². The second-order valence-corrected chi connectivity index (χ2v) is 4.64. The van der Waals surface area contributed by atoms with Crippen LogP contribution in [0.25, 0.3) is 0 Å². The second kappa shape index (κ2) is 7.49. The van der Waals surface area contributed by atoms with E-state index in [1.54, 1.807) is 7.05 Å². The van der Waals surface area contributed by atoms with Gasteiger partial charge >= 0.3 is 12.0 Å². The summed E-state index contributed by atoms with van der Waals surface area (Å²) >= 11 is 0. The van der Waals surface area contributed by atoms with E-state index in [0.717, 1.165) is 11.1 Å². The number of carbonyl (C=O) groups is 2. The number of aryl methyl sites for hydroxylation is 1. The average molecular weight is 280 g/mol. The molecule has 0 spiro atoms. The first-order chi connectivity index (χ1) is 9.45. The SMILES string of the molecule is Cc1ccccc1CN(C)C(=O)N[C@@H](CCO)C(=O)O. The molecule has 0 aromatic heterocycles. The van der Waals surface area contributed by atoms with Gasteiger partial charge in [0.05, 0.1) is 0 Å². The average Bonchev–Trinajstić information content (AvgIpc) is 2.40. The molecule has 2 amide bonds. The topological polar surface area (TPSA) is 89.9 Å². The summed E-state index contributed by atoms with van der Waals surface area (Å²) < 4.78 is 0. The molecule has 3 N–H and O–H groups in total. The number of aliphatic hydroxyl groups is 1. The summed E-state index contributed by atoms with van der Waals surface area (Å²) in [6.45, 7) is 2.05. The Kier molecular flexibility index (Phi) is 5.99. The number of hydrogen-bond acceptors (Lipinski definition) is 3. The lowest BCUT2D eigenvalue weighted by Gasteiger charge is -2.21. The summed E-state index contributed by atoms with van der Waals surface area (Å²) in [6, 6.07) is 6.12. The minimum Gasteiger partial charge on any atom is -0.480 e. The Balaban J connectivity index is 2.63. The molecule has 0 aliphatic rings. The highest BCUT2D eigenvalue weighted by Gasteiger charge is 2.21. The Morgan fingerprint density at radius 3 is 2.55 bits per heavy atom. The Morgan fingerprint density at radius 2 is 2.00 bits per heavy atom. The van der Waals surface area contributed by atoms with E-state index in [1.807, 2.05) is 31.2 Å². The van der Waals surface area contributed by atoms with E-state index in [-0.39, 0.29) is 13.0 Å². The lowest BCUT2D eigenvalue weighted by atomic mass is 10.1. The number of benzene rings is 1. The van der Waals surface area contributed by atoms with Crippen LogP contribution in [0.4, 0.5) is 4.79 Å². The van der Waals surface area contributed by atoms with Crippen molar-refractivity contribution in [3.05, 3.63) is 35.4 Å². The third kappa shape index (κ3) is 4.55. The zero-order valence-electron chi connectivity index (χ0n) is 11.7. The molecule has 110 valence electrons. The number of carboxylic acids is 1. The van der Waals surface area contributed by atoms with Crippen molar-refractivity contribution in [3.8, 4) is 0 Å². The Labute approximate surface area is 118 Å². The molecule has 0 fully saturated rings. The minimum absolute atomic E-state index is 0.0146. The molecule has 0 bridgehead atoms. The fourth-order valence-electron chi connectivity index (χ4n) is 1.76. The monoisotopic (exact) mass is 280 g/mol. The van der Waals surface area contributed by atoms with Crippen LogP contribution in [0, 0.1) is 6.92 Å². The quantitative estimate of drug-likeness (QED) is 0.724. The fraction of sp³-hybridized carbons (Fsp3) is 0.429. The highest BCUT2D eigenvalue weighted by molar-refractivity contribution is 5.82. The van der Waals surface area contributed by atoms with Gasteiger partial charge in [-0.15, -0.1) is 0 Å². The number of rotatable bonds is 6. The number of aliphatic carboxylic acids is 1. The highest BCUT2D eigenvalue weighted by atomic mass is 16.4. The Bertz CT molecular complexity index is 476. The van der Waals surface area contributed by atoms with E-state index in [2.05, 4.69) is 5.32 Å². The predicted octanol–water partition coefficient (Wildman–Crippen LogP) is 0.972. The standard InChI is InChI=1S/C14H20N2O4/c1-10-5-3-4-6-11(10)9-16(2)14(20)15-12(7-8-17)13(18)19/h3-6,12,17H,7-9H2,1-2H3,(H,15,20)(H,18,19)/t12-/m0/s1. The number of hydrogen-bond donors (Lipinski definition) is 3. The number of carbonyl (C=O) groups excluding carboxylic acids is 1. The molecule has 6 nitrogen and oxygen atoms in total. The minimum atomic E-state index is -1.16. The maximum absolute atomic E-state index is 11.9. The Hall–Kier alpha value is -2.08. The van der Waals surface area contributed by atoms with Crippen LogP contribution in [-0.4, -0.2) is 46.8 Å². The van der Waals surface area contributed by atoms with Crippen LogP contribution in [0.3, 0.4) is 0 Å². The van der Waals surface area contributed by atoms with Crippen molar-refractivity contribution in [3.63, 3.8) is 0 Å². The van der Waals surface area contributed by atoms with Crippen LogP contribution in [0.2, 0.25) is 0 Å². The zero-order valence-corrected chi connectivity index (χ0v) is 11.7. The molecule has 1 aromatic carbocycles. The van der Waals surface area contributed by atoms with Crippen molar-refractivity contribution in [1.82, 2.24) is 10.2 Å². The highest BCUT2D eigenvalue weighted by Crippen LogP contribution is 2.09. The summed E-state index contributed by atoms with van der Waals surface area (Å²) in [4.78, 5) is 24.2. The van der Waals surface area contributed by atoms with Gasteiger partial charge in [0, 0.05) is 26.6 Å². The van der Waals surface area contributed by atoms with Crippen LogP contribution in [0.5, 0.6) is 0 Å². The van der Waals surface area contributed by atoms with E-state index < -0.39 is 18.0 Å². The number of nitrogens with one attached hydrogen (secondary N) is 1. The lowest BCUT2D eigenvalue weighted by Crippen LogP contribution is -2.46. The third-order valence-corrected chi connectivity index (χ3v) is 3.03. The van der Waals surface area contributed by atoms with E-state index in [9.17, 15) is 9.59 Å². The first-order valence-electron chi connectivity index (χ1n) is 6.35. The normalized spacial score (nSPS) is 11.8. The van der Waals surface area contributed by atoms with Crippen LogP contribution in [0.1, 0.15) is 17.5 Å². The number of aliphatic hydroxyl groups excluding tert-OH is 1. The van der Waals surface area contributed by atoms with Gasteiger partial charge in [0.15, 0.2) is 0 Å². The molecule has 6 heteroatoms. The lowest BCUT2D eigenvalue weighted by molar-refractivity contribution is -0.139. The number of nitrogens with zero attached hydrogens (tertiary/aromatic N) is 1. The van der Waals surface area contributed by atoms with Gasteiger partial charge in [-0.25, -0.2) is 9.59 Å². The van der Waals surface area contributed by atoms with Crippen molar-refractivity contribution in [2.45, 2.75) is 25.9 Å². The van der Waals surface area contributed by atoms with Crippen LogP contribution in [-0.2, 0) is 11.3 Å². The van der Waals surface area contributed by atoms with Crippen LogP contribution < -0.4 is 5.32 Å². The molecular weight excluding hydrogens is 260 g/mol. The van der Waals surface area contributed by atoms with Gasteiger partial charge in [-0.2, -0.15) is 0 Å². The molecular formula is C14H20N2O4. The predicted molar refractivity (Wildman–Crippen MR) is 74.3 cm³/mol. The fourth-order valence-corrected chi connectivity index (χ4v) is 1.76. The molecule has 1 aromatic rings. The smallest absolute Gasteiger partial charge is 0.326 e. The maximum atomic E-state index is 11.9. The molecule has 0 aliphatic carbocycles. The summed E-state index contributed by atoms with van der Waals surface area (Å²) in [6.07, 6.45) is -0.0146. The summed E-state index contributed by atoms with van der Waals surface area (Å²) in [5.74, 6) is -1.16. The largest absolute Gasteiger partial charge is 0.480 e. The van der Waals surface area contributed by atoms with Crippen molar-refractivity contribution in [1.29, 1.82) is 0 Å². The van der Waals surface area contributed by atoms with Gasteiger partial charge in [0.1, 0.15) is 6.04 Å². The number of carboxylic acid groups (broad SMARTS) is 1. The van der Waals surface area contributed by atoms with E-state index in [0.29, 0.717) is 6.54 Å². The maximum Gasteiger partial charge on any atom is 0.326 e. The first kappa shape index (κ1) is 16.0. The van der Waals surface area contributed by atoms with Crippen molar-refractivity contribution in [2.75, 3.05) is 13.7 Å². The van der Waals surface area contributed by atoms with Crippen molar-refractivity contribution in [2.24, 2.45) is 0 Å². The molecule has 1 atom stereocenters. The Morgan fingerprint density at radius 1 is 1.35 bits per heavy atom. The summed E-state index contributed by atoms with van der Waals surface area (Å²) in [5.41, 5.74) is 2.07. The van der Waals surface area contributed by atoms with Crippen molar-refractivity contribution >= 4 is 12.0 Å². The van der Waals surface area contributed by atoms with Crippen LogP contribution in [0.15, 0.2) is 24.3 Å². The molecule has 0 saturated heterocycles. The summed E-state index contributed by atoms with van der Waals surface area (Å²) in [7, 11) is 1.60. The van der Waals surface area contributed by atoms with Gasteiger partial charge in [0.25, 0.3) is 0 Å². The summed E-state index contributed by atoms with van der Waals surface area (Å²) in [5, 5.41) is 20.1. The van der Waals surface area contributed by atoms with E-state index >= 15 is 0 Å². The first-order valence-corrected chi connectivity index (χ1v) is 6.35. The number of amides is 2. The third-order valence-electron chi connectivity index (χ3n) is 3.03. The molecule has 0 saturated carbocycles. The molecule has 0 heterocycles. The number of urea groups is 1. The van der Waals surface area contributed by atoms with E-state index in [4.69, 9.17) is 10.2 Å². The second-order valence-electron chi connectivity index (χ2n) is 4.64. The molecule has 20 heavy (non-hydrogen) atoms. The molecule has 0 aliphatic heterocycles. The molecule has 0 unspecified atom stereocenters. The van der Waals surface area contributed by atoms with Gasteiger partial charge in [0.2, 0.25) is 0 Å². The molecule has 1 rings (SSSR count). The van der Waals surface area contributed by atoms with Gasteiger partial charge in [-0.1, -0.05) is 24.3 Å². The van der Waals surface area contributed by atoms with E-state index in [1.165, 1.54) is 4.90 Å². The van der Waals surface area contributed by atoms with Gasteiger partial charge in [-0.05, 0) is 18.1 Å². The molecule has 0 radical (unpaired) electrons. The zero-order chi connectivity index (χ0) is 15.1. The van der Waals surface area contributed by atoms with Gasteiger partial charge in [-0.3, -0.25) is 0 Å².